The van der Waals surface area contributed by atoms with Crippen molar-refractivity contribution < 1.29 is 19.1 Å². The van der Waals surface area contributed by atoms with Crippen molar-refractivity contribution in [3.63, 3.8) is 0 Å². The van der Waals surface area contributed by atoms with Gasteiger partial charge < -0.3 is 19.9 Å². The third kappa shape index (κ3) is 6.48. The lowest BCUT2D eigenvalue weighted by Crippen LogP contribution is -2.42. The molecule has 0 saturated carbocycles. The Morgan fingerprint density at radius 1 is 1.24 bits per heavy atom. The van der Waals surface area contributed by atoms with Crippen molar-refractivity contribution in [2.75, 3.05) is 25.5 Å². The molecule has 1 aliphatic rings. The van der Waals surface area contributed by atoms with Crippen LogP contribution in [-0.4, -0.2) is 59.5 Å². The number of benzene rings is 1. The molecule has 1 aromatic carbocycles. The number of anilines is 1. The van der Waals surface area contributed by atoms with Gasteiger partial charge in [0, 0.05) is 30.9 Å². The molecule has 160 valence electrons. The van der Waals surface area contributed by atoms with Crippen molar-refractivity contribution in [2.24, 2.45) is 0 Å². The molecule has 1 aromatic rings. The van der Waals surface area contributed by atoms with Crippen molar-refractivity contribution in [3.05, 3.63) is 29.3 Å². The fourth-order valence-corrected chi connectivity index (χ4v) is 3.31. The molecule has 29 heavy (non-hydrogen) atoms. The Morgan fingerprint density at radius 3 is 2.52 bits per heavy atom. The Kier molecular flexibility index (Phi) is 7.27. The average Bonchev–Trinajstić information content (AvgIpc) is 2.61. The average molecular weight is 404 g/mol. The number of carbonyl (C=O) groups is 3. The van der Waals surface area contributed by atoms with E-state index in [0.717, 1.165) is 31.4 Å². The third-order valence-electron chi connectivity index (χ3n) is 4.90. The number of likely N-dealkylation sites (tertiary alicyclic amines) is 1. The zero-order valence-electron chi connectivity index (χ0n) is 18.4. The first-order valence-corrected chi connectivity index (χ1v) is 10.1. The summed E-state index contributed by atoms with van der Waals surface area (Å²) >= 11 is 0. The van der Waals surface area contributed by atoms with Crippen LogP contribution in [0.2, 0.25) is 0 Å². The summed E-state index contributed by atoms with van der Waals surface area (Å²) in [5.41, 5.74) is 1.43. The maximum atomic E-state index is 12.8. The lowest BCUT2D eigenvalue weighted by atomic mass is 10.0. The number of amides is 3. The molecular formula is C22H33N3O4. The van der Waals surface area contributed by atoms with Crippen LogP contribution in [0, 0.1) is 6.92 Å². The van der Waals surface area contributed by atoms with Gasteiger partial charge in [-0.05, 0) is 77.6 Å². The van der Waals surface area contributed by atoms with Crippen LogP contribution in [0.3, 0.4) is 0 Å². The highest BCUT2D eigenvalue weighted by atomic mass is 16.6. The Balaban J connectivity index is 1.98. The van der Waals surface area contributed by atoms with Crippen molar-refractivity contribution >= 4 is 23.6 Å². The molecule has 2 rings (SSSR count). The summed E-state index contributed by atoms with van der Waals surface area (Å²) in [5.74, 6) is -0.298. The van der Waals surface area contributed by atoms with E-state index in [1.165, 1.54) is 11.9 Å². The Morgan fingerprint density at radius 2 is 1.93 bits per heavy atom. The minimum atomic E-state index is -0.618. The second-order valence-corrected chi connectivity index (χ2v) is 8.76. The predicted molar refractivity (Wildman–Crippen MR) is 113 cm³/mol. The second kappa shape index (κ2) is 9.29. The van der Waals surface area contributed by atoms with E-state index in [-0.39, 0.29) is 24.4 Å². The highest BCUT2D eigenvalue weighted by molar-refractivity contribution is 5.97. The maximum absolute atomic E-state index is 12.8. The number of aryl methyl sites for hydroxylation is 1. The van der Waals surface area contributed by atoms with Gasteiger partial charge in [-0.15, -0.1) is 0 Å². The van der Waals surface area contributed by atoms with Crippen LogP contribution in [0.5, 0.6) is 0 Å². The van der Waals surface area contributed by atoms with Gasteiger partial charge >= 0.3 is 6.09 Å². The summed E-state index contributed by atoms with van der Waals surface area (Å²) in [6, 6.07) is 5.53. The highest BCUT2D eigenvalue weighted by Crippen LogP contribution is 2.22. The van der Waals surface area contributed by atoms with E-state index in [2.05, 4.69) is 12.2 Å². The molecule has 0 spiro atoms. The molecule has 1 saturated heterocycles. The number of likely N-dealkylation sites (N-methyl/N-ethyl adjacent to an activating group) is 1. The first kappa shape index (κ1) is 22.7. The lowest BCUT2D eigenvalue weighted by Gasteiger charge is -2.33. The zero-order valence-corrected chi connectivity index (χ0v) is 18.4. The SMILES string of the molecule is Cc1cc(C(=O)N2CCCCC2C)ccc1NC(=O)CN(C)C(=O)OC(C)(C)C. The van der Waals surface area contributed by atoms with E-state index < -0.39 is 11.7 Å². The summed E-state index contributed by atoms with van der Waals surface area (Å²) in [7, 11) is 1.52. The summed E-state index contributed by atoms with van der Waals surface area (Å²) < 4.78 is 5.25. The number of hydrogen-bond acceptors (Lipinski definition) is 4. The van der Waals surface area contributed by atoms with E-state index in [0.29, 0.717) is 11.3 Å². The monoisotopic (exact) mass is 403 g/mol. The Bertz CT molecular complexity index is 770. The summed E-state index contributed by atoms with van der Waals surface area (Å²) in [5, 5.41) is 2.80. The van der Waals surface area contributed by atoms with Crippen LogP contribution in [-0.2, 0) is 9.53 Å². The van der Waals surface area contributed by atoms with Gasteiger partial charge in [0.05, 0.1) is 0 Å². The smallest absolute Gasteiger partial charge is 0.410 e. The summed E-state index contributed by atoms with van der Waals surface area (Å²) in [4.78, 5) is 40.3. The quantitative estimate of drug-likeness (QED) is 0.829. The normalized spacial score (nSPS) is 16.9. The maximum Gasteiger partial charge on any atom is 0.410 e. The molecule has 1 fully saturated rings. The van der Waals surface area contributed by atoms with Gasteiger partial charge in [-0.2, -0.15) is 0 Å². The second-order valence-electron chi connectivity index (χ2n) is 8.76. The van der Waals surface area contributed by atoms with Crippen LogP contribution in [0.15, 0.2) is 18.2 Å². The highest BCUT2D eigenvalue weighted by Gasteiger charge is 2.25. The summed E-state index contributed by atoms with van der Waals surface area (Å²) in [6.45, 7) is 9.92. The Hall–Kier alpha value is -2.57. The molecule has 1 heterocycles. The third-order valence-corrected chi connectivity index (χ3v) is 4.90. The van der Waals surface area contributed by atoms with E-state index in [1.54, 1.807) is 39.0 Å². The Labute approximate surface area is 173 Å². The minimum absolute atomic E-state index is 0.0304. The number of nitrogens with zero attached hydrogens (tertiary/aromatic N) is 2. The standard InChI is InChI=1S/C22H33N3O4/c1-15-13-17(20(27)25-12-8-7-9-16(25)2)10-11-18(15)23-19(26)14-24(6)21(28)29-22(3,4)5/h10-11,13,16H,7-9,12,14H2,1-6H3,(H,23,26). The molecule has 1 atom stereocenters. The number of ether oxygens (including phenoxy) is 1. The minimum Gasteiger partial charge on any atom is -0.444 e. The van der Waals surface area contributed by atoms with Crippen molar-refractivity contribution in [1.82, 2.24) is 9.80 Å². The van der Waals surface area contributed by atoms with Gasteiger partial charge in [0.15, 0.2) is 0 Å². The topological polar surface area (TPSA) is 79.0 Å². The molecule has 7 heteroatoms. The fourth-order valence-electron chi connectivity index (χ4n) is 3.31. The molecule has 0 aromatic heterocycles. The van der Waals surface area contributed by atoms with E-state index in [9.17, 15) is 14.4 Å². The molecule has 0 aliphatic carbocycles. The zero-order chi connectivity index (χ0) is 21.8. The lowest BCUT2D eigenvalue weighted by molar-refractivity contribution is -0.117. The summed E-state index contributed by atoms with van der Waals surface area (Å²) in [6.07, 6.45) is 2.67. The number of nitrogens with one attached hydrogen (secondary N) is 1. The molecule has 0 bridgehead atoms. The van der Waals surface area contributed by atoms with Gasteiger partial charge in [0.25, 0.3) is 5.91 Å². The van der Waals surface area contributed by atoms with Gasteiger partial charge in [-0.3, -0.25) is 9.59 Å². The van der Waals surface area contributed by atoms with E-state index in [1.807, 2.05) is 11.8 Å². The number of hydrogen-bond donors (Lipinski definition) is 1. The molecule has 1 aliphatic heterocycles. The molecule has 1 N–H and O–H groups in total. The van der Waals surface area contributed by atoms with Crippen molar-refractivity contribution in [1.29, 1.82) is 0 Å². The molecule has 3 amide bonds. The molecule has 1 unspecified atom stereocenters. The van der Waals surface area contributed by atoms with Gasteiger partial charge in [0.2, 0.25) is 5.91 Å². The number of rotatable bonds is 4. The van der Waals surface area contributed by atoms with Crippen LogP contribution in [0.25, 0.3) is 0 Å². The van der Waals surface area contributed by atoms with Crippen LogP contribution in [0.1, 0.15) is 62.9 Å². The van der Waals surface area contributed by atoms with E-state index >= 15 is 0 Å². The number of piperidine rings is 1. The fraction of sp³-hybridized carbons (Fsp3) is 0.591. The first-order valence-electron chi connectivity index (χ1n) is 10.1. The van der Waals surface area contributed by atoms with Gasteiger partial charge in [-0.1, -0.05) is 0 Å². The first-order chi connectivity index (χ1) is 13.5. The van der Waals surface area contributed by atoms with Crippen molar-refractivity contribution in [3.8, 4) is 0 Å². The van der Waals surface area contributed by atoms with Crippen LogP contribution < -0.4 is 5.32 Å². The van der Waals surface area contributed by atoms with E-state index in [4.69, 9.17) is 4.74 Å². The largest absolute Gasteiger partial charge is 0.444 e. The molecule has 7 nitrogen and oxygen atoms in total. The van der Waals surface area contributed by atoms with Gasteiger partial charge in [-0.25, -0.2) is 4.79 Å². The van der Waals surface area contributed by atoms with Gasteiger partial charge in [0.1, 0.15) is 12.1 Å². The van der Waals surface area contributed by atoms with Crippen LogP contribution in [0.4, 0.5) is 10.5 Å². The van der Waals surface area contributed by atoms with Crippen molar-refractivity contribution in [2.45, 2.75) is 65.5 Å². The predicted octanol–water partition coefficient (Wildman–Crippen LogP) is 3.82. The van der Waals surface area contributed by atoms with Crippen LogP contribution >= 0.6 is 0 Å². The molecule has 0 radical (unpaired) electrons. The molecular weight excluding hydrogens is 370 g/mol. The number of carbonyl (C=O) groups excluding carboxylic acids is 3.